The summed E-state index contributed by atoms with van der Waals surface area (Å²) in [5.41, 5.74) is 4.72. The summed E-state index contributed by atoms with van der Waals surface area (Å²) in [7, 11) is 1.34. The van der Waals surface area contributed by atoms with E-state index in [-0.39, 0.29) is 5.91 Å². The third kappa shape index (κ3) is 3.75. The average Bonchev–Trinajstić information content (AvgIpc) is 2.99. The second-order valence-corrected chi connectivity index (χ2v) is 7.47. The maximum absolute atomic E-state index is 12.6. The first kappa shape index (κ1) is 18.8. The first-order chi connectivity index (χ1) is 12.9. The number of hydrogen-bond acceptors (Lipinski definition) is 5. The van der Waals surface area contributed by atoms with E-state index in [0.29, 0.717) is 16.1 Å². The highest BCUT2D eigenvalue weighted by atomic mass is 32.1. The molecule has 2 heterocycles. The summed E-state index contributed by atoms with van der Waals surface area (Å²) in [5, 5.41) is 3.32. The van der Waals surface area contributed by atoms with Gasteiger partial charge in [-0.3, -0.25) is 9.78 Å². The number of ether oxygens (including phenoxy) is 1. The second kappa shape index (κ2) is 7.72. The molecule has 0 aliphatic rings. The van der Waals surface area contributed by atoms with Crippen molar-refractivity contribution in [3.63, 3.8) is 0 Å². The van der Waals surface area contributed by atoms with Gasteiger partial charge >= 0.3 is 5.97 Å². The van der Waals surface area contributed by atoms with Crippen molar-refractivity contribution in [2.24, 2.45) is 0 Å². The number of esters is 1. The number of benzene rings is 1. The molecule has 3 aromatic rings. The summed E-state index contributed by atoms with van der Waals surface area (Å²) in [6.45, 7) is 5.95. The number of amides is 1. The molecule has 138 valence electrons. The number of hydrogen-bond donors (Lipinski definition) is 1. The molecule has 1 amide bonds. The number of nitrogens with one attached hydrogen (secondary N) is 1. The van der Waals surface area contributed by atoms with Crippen molar-refractivity contribution in [2.45, 2.75) is 20.8 Å². The van der Waals surface area contributed by atoms with Gasteiger partial charge in [0.15, 0.2) is 0 Å². The Morgan fingerprint density at radius 2 is 1.93 bits per heavy atom. The molecular weight excluding hydrogens is 360 g/mol. The summed E-state index contributed by atoms with van der Waals surface area (Å²) in [6, 6.07) is 9.47. The second-order valence-electron chi connectivity index (χ2n) is 6.24. The fourth-order valence-electron chi connectivity index (χ4n) is 2.93. The number of pyridine rings is 1. The highest BCUT2D eigenvalue weighted by molar-refractivity contribution is 7.17. The van der Waals surface area contributed by atoms with Gasteiger partial charge in [0.1, 0.15) is 10.6 Å². The number of methoxy groups -OCH3 is 1. The molecule has 0 unspecified atom stereocenters. The Morgan fingerprint density at radius 3 is 2.59 bits per heavy atom. The zero-order valence-corrected chi connectivity index (χ0v) is 16.4. The van der Waals surface area contributed by atoms with Gasteiger partial charge in [-0.15, -0.1) is 11.3 Å². The molecule has 0 bridgehead atoms. The predicted molar refractivity (Wildman–Crippen MR) is 107 cm³/mol. The maximum atomic E-state index is 12.6. The van der Waals surface area contributed by atoms with E-state index in [2.05, 4.69) is 10.3 Å². The standard InChI is InChI=1S/C21H20N2O3S/c1-12-7-8-13(2)16(10-12)17-14(3)27-20(18(17)21(25)26-4)23-19(24)15-6-5-9-22-11-15/h5-11H,1-4H3,(H,23,24). The largest absolute Gasteiger partial charge is 0.465 e. The molecule has 27 heavy (non-hydrogen) atoms. The number of carbonyl (C=O) groups excluding carboxylic acids is 2. The number of rotatable bonds is 4. The van der Waals surface area contributed by atoms with Crippen LogP contribution in [0.3, 0.4) is 0 Å². The van der Waals surface area contributed by atoms with E-state index in [1.165, 1.54) is 24.6 Å². The third-order valence-corrected chi connectivity index (χ3v) is 5.31. The van der Waals surface area contributed by atoms with Crippen LogP contribution in [0.4, 0.5) is 5.00 Å². The fraction of sp³-hybridized carbons (Fsp3) is 0.190. The Balaban J connectivity index is 2.12. The van der Waals surface area contributed by atoms with E-state index in [9.17, 15) is 9.59 Å². The van der Waals surface area contributed by atoms with Gasteiger partial charge in [0.05, 0.1) is 12.7 Å². The van der Waals surface area contributed by atoms with Crippen LogP contribution in [0.15, 0.2) is 42.7 Å². The van der Waals surface area contributed by atoms with Crippen LogP contribution >= 0.6 is 11.3 Å². The Morgan fingerprint density at radius 1 is 1.15 bits per heavy atom. The summed E-state index contributed by atoms with van der Waals surface area (Å²) in [6.07, 6.45) is 3.09. The highest BCUT2D eigenvalue weighted by Gasteiger charge is 2.26. The summed E-state index contributed by atoms with van der Waals surface area (Å²) >= 11 is 1.36. The fourth-order valence-corrected chi connectivity index (χ4v) is 3.98. The predicted octanol–water partition coefficient (Wildman–Crippen LogP) is 4.77. The first-order valence-electron chi connectivity index (χ1n) is 8.43. The molecule has 0 radical (unpaired) electrons. The third-order valence-electron chi connectivity index (χ3n) is 4.29. The van der Waals surface area contributed by atoms with E-state index in [4.69, 9.17) is 4.74 Å². The molecule has 1 aromatic carbocycles. The summed E-state index contributed by atoms with van der Waals surface area (Å²) < 4.78 is 5.01. The van der Waals surface area contributed by atoms with Gasteiger partial charge in [-0.2, -0.15) is 0 Å². The van der Waals surface area contributed by atoms with Crippen LogP contribution in [-0.4, -0.2) is 24.0 Å². The van der Waals surface area contributed by atoms with Crippen molar-refractivity contribution in [3.05, 3.63) is 69.9 Å². The quantitative estimate of drug-likeness (QED) is 0.662. The lowest BCUT2D eigenvalue weighted by Gasteiger charge is -2.11. The molecule has 0 saturated carbocycles. The minimum atomic E-state index is -0.475. The minimum Gasteiger partial charge on any atom is -0.465 e. The number of aromatic nitrogens is 1. The van der Waals surface area contributed by atoms with Gasteiger partial charge in [0, 0.05) is 22.8 Å². The normalized spacial score (nSPS) is 10.5. The number of thiophene rings is 1. The molecule has 0 saturated heterocycles. The molecule has 0 fully saturated rings. The average molecular weight is 380 g/mol. The van der Waals surface area contributed by atoms with Crippen molar-refractivity contribution in [2.75, 3.05) is 12.4 Å². The molecular formula is C21H20N2O3S. The molecule has 0 spiro atoms. The van der Waals surface area contributed by atoms with Crippen LogP contribution in [0.1, 0.15) is 36.7 Å². The van der Waals surface area contributed by atoms with Crippen molar-refractivity contribution in [1.82, 2.24) is 4.98 Å². The number of carbonyl (C=O) groups is 2. The van der Waals surface area contributed by atoms with E-state index < -0.39 is 5.97 Å². The van der Waals surface area contributed by atoms with Gasteiger partial charge in [0.2, 0.25) is 0 Å². The number of anilines is 1. The van der Waals surface area contributed by atoms with Crippen LogP contribution in [0, 0.1) is 20.8 Å². The molecule has 2 aromatic heterocycles. The van der Waals surface area contributed by atoms with Crippen molar-refractivity contribution in [1.29, 1.82) is 0 Å². The Bertz CT molecular complexity index is 1010. The van der Waals surface area contributed by atoms with Crippen LogP contribution in [-0.2, 0) is 4.74 Å². The van der Waals surface area contributed by atoms with Crippen LogP contribution in [0.2, 0.25) is 0 Å². The zero-order valence-electron chi connectivity index (χ0n) is 15.6. The van der Waals surface area contributed by atoms with Gasteiger partial charge < -0.3 is 10.1 Å². The summed E-state index contributed by atoms with van der Waals surface area (Å²) in [4.78, 5) is 30.0. The minimum absolute atomic E-state index is 0.318. The van der Waals surface area contributed by atoms with Crippen LogP contribution in [0.5, 0.6) is 0 Å². The van der Waals surface area contributed by atoms with E-state index >= 15 is 0 Å². The lowest BCUT2D eigenvalue weighted by molar-refractivity contribution is 0.0603. The SMILES string of the molecule is COC(=O)c1c(NC(=O)c2cccnc2)sc(C)c1-c1cc(C)ccc1C. The zero-order chi connectivity index (χ0) is 19.6. The molecule has 0 aliphatic heterocycles. The smallest absolute Gasteiger partial charge is 0.341 e. The lowest BCUT2D eigenvalue weighted by Crippen LogP contribution is -2.14. The molecule has 3 rings (SSSR count). The van der Waals surface area contributed by atoms with Crippen molar-refractivity contribution < 1.29 is 14.3 Å². The van der Waals surface area contributed by atoms with Gasteiger partial charge in [0.25, 0.3) is 5.91 Å². The summed E-state index contributed by atoms with van der Waals surface area (Å²) in [5.74, 6) is -0.793. The number of nitrogens with zero attached hydrogens (tertiary/aromatic N) is 1. The van der Waals surface area contributed by atoms with Crippen LogP contribution < -0.4 is 5.32 Å². The van der Waals surface area contributed by atoms with Crippen LogP contribution in [0.25, 0.3) is 11.1 Å². The number of aryl methyl sites for hydroxylation is 3. The van der Waals surface area contributed by atoms with Gasteiger partial charge in [-0.1, -0.05) is 23.8 Å². The monoisotopic (exact) mass is 380 g/mol. The van der Waals surface area contributed by atoms with Crippen molar-refractivity contribution >= 4 is 28.2 Å². The lowest BCUT2D eigenvalue weighted by atomic mass is 9.95. The molecule has 5 nitrogen and oxygen atoms in total. The maximum Gasteiger partial charge on any atom is 0.341 e. The van der Waals surface area contributed by atoms with Crippen molar-refractivity contribution in [3.8, 4) is 11.1 Å². The van der Waals surface area contributed by atoms with Gasteiger partial charge in [-0.05, 0) is 44.0 Å². The van der Waals surface area contributed by atoms with Gasteiger partial charge in [-0.25, -0.2) is 4.79 Å². The Hall–Kier alpha value is -2.99. The van der Waals surface area contributed by atoms with E-state index in [0.717, 1.165) is 27.1 Å². The Kier molecular flexibility index (Phi) is 5.37. The molecule has 6 heteroatoms. The molecule has 0 atom stereocenters. The molecule has 1 N–H and O–H groups in total. The topological polar surface area (TPSA) is 68.3 Å². The van der Waals surface area contributed by atoms with E-state index in [1.807, 2.05) is 39.0 Å². The first-order valence-corrected chi connectivity index (χ1v) is 9.24. The Labute approximate surface area is 162 Å². The molecule has 0 aliphatic carbocycles. The highest BCUT2D eigenvalue weighted by Crippen LogP contribution is 2.41. The van der Waals surface area contributed by atoms with E-state index in [1.54, 1.807) is 18.3 Å².